The van der Waals surface area contributed by atoms with E-state index in [1.165, 1.54) is 25.3 Å². The van der Waals surface area contributed by atoms with Gasteiger partial charge in [0, 0.05) is 17.0 Å². The summed E-state index contributed by atoms with van der Waals surface area (Å²) in [5.74, 6) is -0.877. The average molecular weight is 411 g/mol. The van der Waals surface area contributed by atoms with Crippen molar-refractivity contribution in [3.63, 3.8) is 0 Å². The van der Waals surface area contributed by atoms with Gasteiger partial charge in [-0.3, -0.25) is 0 Å². The highest BCUT2D eigenvalue weighted by Gasteiger charge is 2.19. The zero-order valence-electron chi connectivity index (χ0n) is 16.4. The zero-order valence-corrected chi connectivity index (χ0v) is 16.4. The molecule has 0 saturated heterocycles. The second-order valence-electron chi connectivity index (χ2n) is 6.63. The molecule has 5 nitrogen and oxygen atoms in total. The summed E-state index contributed by atoms with van der Waals surface area (Å²) in [7, 11) is 1.39. The number of methoxy groups -OCH3 is 1. The number of rotatable bonds is 6. The molecule has 4 aromatic rings. The number of ether oxygens (including phenoxy) is 2. The number of carbonyl (C=O) groups is 1. The van der Waals surface area contributed by atoms with Crippen LogP contribution in [0.4, 0.5) is 8.78 Å². The molecule has 0 atom stereocenters. The van der Waals surface area contributed by atoms with Crippen molar-refractivity contribution < 1.29 is 27.5 Å². The second-order valence-corrected chi connectivity index (χ2v) is 6.63. The van der Waals surface area contributed by atoms with Gasteiger partial charge in [-0.1, -0.05) is 12.1 Å². The van der Waals surface area contributed by atoms with Gasteiger partial charge in [0.15, 0.2) is 11.6 Å². The average Bonchev–Trinajstić information content (AvgIpc) is 3.33. The van der Waals surface area contributed by atoms with E-state index in [1.54, 1.807) is 47.9 Å². The van der Waals surface area contributed by atoms with E-state index in [4.69, 9.17) is 13.9 Å². The number of benzene rings is 2. The van der Waals surface area contributed by atoms with Crippen LogP contribution in [0, 0.1) is 11.6 Å². The van der Waals surface area contributed by atoms with Crippen molar-refractivity contribution in [3.05, 3.63) is 77.8 Å². The molecule has 0 radical (unpaired) electrons. The van der Waals surface area contributed by atoms with Crippen LogP contribution in [0.25, 0.3) is 22.2 Å². The van der Waals surface area contributed by atoms with Gasteiger partial charge in [-0.05, 0) is 43.3 Å². The van der Waals surface area contributed by atoms with E-state index >= 15 is 0 Å². The van der Waals surface area contributed by atoms with Crippen molar-refractivity contribution in [2.75, 3.05) is 13.7 Å². The highest BCUT2D eigenvalue weighted by Crippen LogP contribution is 2.34. The summed E-state index contributed by atoms with van der Waals surface area (Å²) in [6.07, 6.45) is 0. The molecule has 0 N–H and O–H groups in total. The lowest BCUT2D eigenvalue weighted by Gasteiger charge is -2.11. The topological polar surface area (TPSA) is 53.6 Å². The Morgan fingerprint density at radius 2 is 1.87 bits per heavy atom. The number of hydrogen-bond acceptors (Lipinski definition) is 4. The maximum absolute atomic E-state index is 14.5. The Labute approximate surface area is 171 Å². The minimum Gasteiger partial charge on any atom is -0.494 e. The Hall–Kier alpha value is -3.61. The fraction of sp³-hybridized carbons (Fsp3) is 0.174. The first-order valence-electron chi connectivity index (χ1n) is 9.39. The Morgan fingerprint density at radius 1 is 1.07 bits per heavy atom. The normalized spacial score (nSPS) is 11.1. The summed E-state index contributed by atoms with van der Waals surface area (Å²) >= 11 is 0. The maximum atomic E-state index is 14.5. The van der Waals surface area contributed by atoms with E-state index in [0.29, 0.717) is 27.9 Å². The summed E-state index contributed by atoms with van der Waals surface area (Å²) < 4.78 is 46.3. The lowest BCUT2D eigenvalue weighted by Crippen LogP contribution is -2.04. The molecule has 0 bridgehead atoms. The van der Waals surface area contributed by atoms with Crippen LogP contribution in [0.1, 0.15) is 23.2 Å². The molecule has 0 fully saturated rings. The van der Waals surface area contributed by atoms with Crippen molar-refractivity contribution in [1.82, 2.24) is 4.57 Å². The van der Waals surface area contributed by atoms with E-state index in [1.807, 2.05) is 0 Å². The van der Waals surface area contributed by atoms with E-state index in [0.717, 1.165) is 0 Å². The molecule has 0 saturated carbocycles. The molecule has 2 heterocycles. The number of fused-ring (bicyclic) bond motifs is 1. The molecule has 2 aromatic heterocycles. The number of nitrogens with zero attached hydrogens (tertiary/aromatic N) is 1. The summed E-state index contributed by atoms with van der Waals surface area (Å²) in [6.45, 7) is 2.10. The van der Waals surface area contributed by atoms with Gasteiger partial charge in [0.25, 0.3) is 0 Å². The van der Waals surface area contributed by atoms with E-state index in [-0.39, 0.29) is 24.7 Å². The number of halogens is 2. The Morgan fingerprint density at radius 3 is 2.60 bits per heavy atom. The molecule has 0 unspecified atom stereocenters. The number of esters is 1. The summed E-state index contributed by atoms with van der Waals surface area (Å²) in [5, 5.41) is 0.684. The number of aromatic nitrogens is 1. The Balaban J connectivity index is 1.84. The van der Waals surface area contributed by atoms with Crippen LogP contribution in [-0.4, -0.2) is 24.3 Å². The summed E-state index contributed by atoms with van der Waals surface area (Å²) in [5.41, 5.74) is 1.45. The quantitative estimate of drug-likeness (QED) is 0.398. The highest BCUT2D eigenvalue weighted by atomic mass is 19.1. The molecular formula is C23H19F2NO4. The minimum atomic E-state index is -0.564. The van der Waals surface area contributed by atoms with Gasteiger partial charge < -0.3 is 18.5 Å². The van der Waals surface area contributed by atoms with Crippen molar-refractivity contribution in [2.24, 2.45) is 0 Å². The maximum Gasteiger partial charge on any atom is 0.374 e. The van der Waals surface area contributed by atoms with Gasteiger partial charge in [-0.25, -0.2) is 13.6 Å². The number of hydrogen-bond donors (Lipinski definition) is 0. The number of carbonyl (C=O) groups excluding carboxylic acids is 1. The molecule has 7 heteroatoms. The van der Waals surface area contributed by atoms with Crippen LogP contribution in [0.3, 0.4) is 0 Å². The van der Waals surface area contributed by atoms with Crippen LogP contribution in [-0.2, 0) is 11.3 Å². The van der Waals surface area contributed by atoms with Crippen LogP contribution >= 0.6 is 0 Å². The van der Waals surface area contributed by atoms with Crippen molar-refractivity contribution >= 4 is 16.9 Å². The highest BCUT2D eigenvalue weighted by molar-refractivity contribution is 5.89. The Bertz CT molecular complexity index is 1230. The fourth-order valence-electron chi connectivity index (χ4n) is 3.41. The summed E-state index contributed by atoms with van der Waals surface area (Å²) in [4.78, 5) is 11.9. The SMILES string of the molecule is CCOC(=O)c1ccc(Cn2c(-c3ccccc3F)cc3cc(OC)c(F)cc32)o1. The van der Waals surface area contributed by atoms with Gasteiger partial charge >= 0.3 is 5.97 Å². The predicted octanol–water partition coefficient (Wildman–Crippen LogP) is 5.41. The predicted molar refractivity (Wildman–Crippen MR) is 108 cm³/mol. The van der Waals surface area contributed by atoms with Crippen molar-refractivity contribution in [1.29, 1.82) is 0 Å². The molecule has 30 heavy (non-hydrogen) atoms. The molecule has 4 rings (SSSR count). The molecule has 0 aliphatic heterocycles. The van der Waals surface area contributed by atoms with E-state index in [2.05, 4.69) is 0 Å². The molecule has 0 aliphatic rings. The van der Waals surface area contributed by atoms with E-state index in [9.17, 15) is 13.6 Å². The van der Waals surface area contributed by atoms with Crippen LogP contribution in [0.2, 0.25) is 0 Å². The molecule has 154 valence electrons. The first kappa shape index (κ1) is 19.7. The number of furan rings is 1. The monoisotopic (exact) mass is 411 g/mol. The van der Waals surface area contributed by atoms with Crippen LogP contribution in [0.5, 0.6) is 5.75 Å². The van der Waals surface area contributed by atoms with Crippen molar-refractivity contribution in [2.45, 2.75) is 13.5 Å². The van der Waals surface area contributed by atoms with Gasteiger partial charge in [0.1, 0.15) is 11.6 Å². The third kappa shape index (κ3) is 3.54. The van der Waals surface area contributed by atoms with Gasteiger partial charge in [-0.2, -0.15) is 0 Å². The lowest BCUT2D eigenvalue weighted by molar-refractivity contribution is 0.0488. The second kappa shape index (κ2) is 8.02. The third-order valence-corrected chi connectivity index (χ3v) is 4.78. The largest absolute Gasteiger partial charge is 0.494 e. The summed E-state index contributed by atoms with van der Waals surface area (Å²) in [6, 6.07) is 14.2. The van der Waals surface area contributed by atoms with Gasteiger partial charge in [0.05, 0.1) is 31.5 Å². The van der Waals surface area contributed by atoms with Crippen LogP contribution in [0.15, 0.2) is 59.0 Å². The lowest BCUT2D eigenvalue weighted by atomic mass is 10.1. The van der Waals surface area contributed by atoms with Crippen LogP contribution < -0.4 is 4.74 Å². The molecule has 2 aromatic carbocycles. The van der Waals surface area contributed by atoms with Gasteiger partial charge in [0.2, 0.25) is 5.76 Å². The smallest absolute Gasteiger partial charge is 0.374 e. The fourth-order valence-corrected chi connectivity index (χ4v) is 3.41. The molecule has 0 aliphatic carbocycles. The molecular weight excluding hydrogens is 392 g/mol. The first-order chi connectivity index (χ1) is 14.5. The van der Waals surface area contributed by atoms with E-state index < -0.39 is 17.6 Å². The molecule has 0 amide bonds. The molecule has 0 spiro atoms. The van der Waals surface area contributed by atoms with Gasteiger partial charge in [-0.15, -0.1) is 0 Å². The zero-order chi connectivity index (χ0) is 21.3. The third-order valence-electron chi connectivity index (χ3n) is 4.78. The Kier molecular flexibility index (Phi) is 5.27. The first-order valence-corrected chi connectivity index (χ1v) is 9.39. The van der Waals surface area contributed by atoms with Crippen molar-refractivity contribution in [3.8, 4) is 17.0 Å². The minimum absolute atomic E-state index is 0.0728. The standard InChI is InChI=1S/C23H19F2NO4/c1-3-29-23(27)21-9-8-15(30-21)13-26-19-12-18(25)22(28-2)11-14(19)10-20(26)16-6-4-5-7-17(16)24/h4-12H,3,13H2,1-2H3.